The van der Waals surface area contributed by atoms with E-state index in [1.807, 2.05) is 0 Å². The lowest BCUT2D eigenvalue weighted by Crippen LogP contribution is -2.06. The molecule has 234 valence electrons. The highest BCUT2D eigenvalue weighted by molar-refractivity contribution is 8.34. The molecule has 0 unspecified atom stereocenters. The molecule has 0 radical (unpaired) electrons. The molecular weight excluding hydrogens is 621 g/mol. The van der Waals surface area contributed by atoms with Gasteiger partial charge in [-0.1, -0.05) is 72.8 Å². The van der Waals surface area contributed by atoms with Gasteiger partial charge < -0.3 is 8.83 Å². The van der Waals surface area contributed by atoms with Gasteiger partial charge in [0.1, 0.15) is 0 Å². The summed E-state index contributed by atoms with van der Waals surface area (Å²) in [6.45, 7) is 0. The van der Waals surface area contributed by atoms with Crippen molar-refractivity contribution in [2.75, 3.05) is 0 Å². The van der Waals surface area contributed by atoms with Crippen molar-refractivity contribution in [1.29, 1.82) is 0 Å². The van der Waals surface area contributed by atoms with E-state index in [0.717, 1.165) is 44.6 Å². The molecule has 0 saturated carbocycles. The number of fused-ring (bicyclic) bond motifs is 6. The summed E-state index contributed by atoms with van der Waals surface area (Å²) in [5.41, 5.74) is 6.12. The molecular formula is C44H30N2O2S. The smallest absolute Gasteiger partial charge is 0.212 e. The maximum Gasteiger partial charge on any atom is 0.212 e. The van der Waals surface area contributed by atoms with Gasteiger partial charge in [0.05, 0.1) is 23.6 Å². The van der Waals surface area contributed by atoms with Crippen LogP contribution in [0.15, 0.2) is 211 Å². The zero-order chi connectivity index (χ0) is 32.4. The van der Waals surface area contributed by atoms with Crippen LogP contribution in [0.4, 0.5) is 0 Å². The fourth-order valence-electron chi connectivity index (χ4n) is 7.55. The van der Waals surface area contributed by atoms with Crippen molar-refractivity contribution in [3.8, 4) is 11.4 Å². The van der Waals surface area contributed by atoms with Crippen LogP contribution in [0.1, 0.15) is 0 Å². The number of furan rings is 2. The molecule has 0 saturated heterocycles. The van der Waals surface area contributed by atoms with Gasteiger partial charge in [-0.2, -0.15) is 0 Å². The Morgan fingerprint density at radius 2 is 0.694 bits per heavy atom. The van der Waals surface area contributed by atoms with E-state index in [1.54, 1.807) is 12.5 Å². The molecule has 10 rings (SSSR count). The van der Waals surface area contributed by atoms with Gasteiger partial charge in [0.15, 0.2) is 0 Å². The highest BCUT2D eigenvalue weighted by Gasteiger charge is 2.33. The van der Waals surface area contributed by atoms with E-state index in [9.17, 15) is 0 Å². The minimum Gasteiger partial charge on any atom is -0.447 e. The molecule has 5 heteroatoms. The second kappa shape index (κ2) is 10.9. The summed E-state index contributed by atoms with van der Waals surface area (Å²) < 4.78 is 16.5. The van der Waals surface area contributed by atoms with E-state index in [4.69, 9.17) is 8.83 Å². The van der Waals surface area contributed by atoms with Gasteiger partial charge in [0.25, 0.3) is 0 Å². The number of hydrogen-bond acceptors (Lipinski definition) is 2. The predicted molar refractivity (Wildman–Crippen MR) is 200 cm³/mol. The number of nitrogens with zero attached hydrogens (tertiary/aromatic N) is 2. The zero-order valence-electron chi connectivity index (χ0n) is 26.4. The van der Waals surface area contributed by atoms with Gasteiger partial charge in [0.2, 0.25) is 11.4 Å². The third-order valence-electron chi connectivity index (χ3n) is 9.66. The molecule has 0 aliphatic rings. The highest BCUT2D eigenvalue weighted by atomic mass is 32.3. The van der Waals surface area contributed by atoms with E-state index in [0.29, 0.717) is 0 Å². The van der Waals surface area contributed by atoms with E-state index >= 15 is 0 Å². The van der Waals surface area contributed by atoms with Crippen LogP contribution in [0, 0.1) is 0 Å². The summed E-state index contributed by atoms with van der Waals surface area (Å²) in [7, 11) is -1.90. The first kappa shape index (κ1) is 27.9. The van der Waals surface area contributed by atoms with Crippen LogP contribution in [0.3, 0.4) is 0 Å². The lowest BCUT2D eigenvalue weighted by atomic mass is 10.2. The van der Waals surface area contributed by atoms with Crippen molar-refractivity contribution in [3.63, 3.8) is 0 Å². The summed E-state index contributed by atoms with van der Waals surface area (Å²) in [6.07, 6.45) is 3.55. The Morgan fingerprint density at radius 1 is 0.327 bits per heavy atom. The Kier molecular flexibility index (Phi) is 6.23. The van der Waals surface area contributed by atoms with Crippen molar-refractivity contribution in [2.24, 2.45) is 0 Å². The zero-order valence-corrected chi connectivity index (χ0v) is 27.3. The van der Waals surface area contributed by atoms with Crippen molar-refractivity contribution >= 4 is 54.0 Å². The van der Waals surface area contributed by atoms with Crippen LogP contribution in [0.2, 0.25) is 0 Å². The second-order valence-electron chi connectivity index (χ2n) is 12.2. The standard InChI is InChI=1S/C44H30N2O2S/c1-3-11-33(12-4-1)49(34-13-5-2-6-14-34,35-23-19-31(20-24-35)45-41-17-9-7-15-37(41)39-27-29-47-43(39)45)36-25-21-32(22-26-36)46-42-18-10-8-16-38(42)40-28-30-48-44(40)46/h1-30H. The number of hydrogen-bond donors (Lipinski definition) is 0. The number of para-hydroxylation sites is 2. The normalized spacial score (nSPS) is 12.4. The second-order valence-corrected chi connectivity index (χ2v) is 15.3. The quantitative estimate of drug-likeness (QED) is 0.180. The highest BCUT2D eigenvalue weighted by Crippen LogP contribution is 2.73. The molecule has 0 bridgehead atoms. The molecule has 4 heterocycles. The largest absolute Gasteiger partial charge is 0.447 e. The van der Waals surface area contributed by atoms with E-state index in [1.165, 1.54) is 30.4 Å². The minimum absolute atomic E-state index is 0.859. The van der Waals surface area contributed by atoms with Crippen LogP contribution in [-0.4, -0.2) is 9.13 Å². The van der Waals surface area contributed by atoms with Gasteiger partial charge in [-0.25, -0.2) is 0 Å². The molecule has 0 spiro atoms. The summed E-state index contributed by atoms with van der Waals surface area (Å²) in [6, 6.07) is 61.3. The van der Waals surface area contributed by atoms with Gasteiger partial charge >= 0.3 is 0 Å². The Bertz CT molecular complexity index is 2560. The van der Waals surface area contributed by atoms with Crippen LogP contribution in [-0.2, 0) is 0 Å². The number of aromatic nitrogens is 2. The Balaban J connectivity index is 1.19. The third-order valence-corrected chi connectivity index (χ3v) is 13.6. The van der Waals surface area contributed by atoms with E-state index in [2.05, 4.69) is 179 Å². The molecule has 0 aliphatic heterocycles. The van der Waals surface area contributed by atoms with Gasteiger partial charge in [-0.05, 0) is 97.1 Å². The van der Waals surface area contributed by atoms with Crippen molar-refractivity contribution < 1.29 is 8.83 Å². The molecule has 4 nitrogen and oxygen atoms in total. The van der Waals surface area contributed by atoms with E-state index < -0.39 is 10.0 Å². The van der Waals surface area contributed by atoms with Crippen LogP contribution < -0.4 is 0 Å². The van der Waals surface area contributed by atoms with Gasteiger partial charge in [0, 0.05) is 52.5 Å². The molecule has 49 heavy (non-hydrogen) atoms. The Labute approximate surface area is 284 Å². The maximum absolute atomic E-state index is 6.04. The molecule has 0 amide bonds. The average Bonchev–Trinajstić information content (AvgIpc) is 3.96. The minimum atomic E-state index is -1.90. The Hall–Kier alpha value is -6.17. The number of benzene rings is 6. The molecule has 0 fully saturated rings. The summed E-state index contributed by atoms with van der Waals surface area (Å²) in [5, 5.41) is 4.61. The first-order chi connectivity index (χ1) is 24.3. The molecule has 0 aliphatic carbocycles. The van der Waals surface area contributed by atoms with Crippen molar-refractivity contribution in [3.05, 3.63) is 182 Å². The third kappa shape index (κ3) is 4.06. The van der Waals surface area contributed by atoms with E-state index in [-0.39, 0.29) is 0 Å². The predicted octanol–water partition coefficient (Wildman–Crippen LogP) is 12.4. The van der Waals surface area contributed by atoms with Crippen LogP contribution in [0.25, 0.3) is 55.4 Å². The van der Waals surface area contributed by atoms with Gasteiger partial charge in [-0.15, -0.1) is 10.0 Å². The molecule has 10 aromatic rings. The number of rotatable bonds is 6. The van der Waals surface area contributed by atoms with Gasteiger partial charge in [-0.3, -0.25) is 9.13 Å². The molecule has 0 N–H and O–H groups in total. The molecule has 6 aromatic carbocycles. The molecule has 4 aromatic heterocycles. The summed E-state index contributed by atoms with van der Waals surface area (Å²) >= 11 is 0. The SMILES string of the molecule is c1ccc(S(c2ccccc2)(c2ccc(-n3c4ccccc4c4ccoc43)cc2)c2ccc(-n3c4ccccc4c4ccoc43)cc2)cc1. The fourth-order valence-corrected chi connectivity index (χ4v) is 11.4. The van der Waals surface area contributed by atoms with Crippen LogP contribution >= 0.6 is 10.0 Å². The fraction of sp³-hybridized carbons (Fsp3) is 0. The lowest BCUT2D eigenvalue weighted by molar-refractivity contribution is 0.595. The monoisotopic (exact) mass is 650 g/mol. The first-order valence-corrected chi connectivity index (χ1v) is 18.0. The van der Waals surface area contributed by atoms with Crippen molar-refractivity contribution in [1.82, 2.24) is 9.13 Å². The summed E-state index contributed by atoms with van der Waals surface area (Å²) in [5.74, 6) is 0. The van der Waals surface area contributed by atoms with Crippen molar-refractivity contribution in [2.45, 2.75) is 19.6 Å². The topological polar surface area (TPSA) is 36.1 Å². The average molecular weight is 651 g/mol. The lowest BCUT2D eigenvalue weighted by Gasteiger charge is -2.42. The first-order valence-electron chi connectivity index (χ1n) is 16.4. The Morgan fingerprint density at radius 3 is 1.12 bits per heavy atom. The maximum atomic E-state index is 6.04. The van der Waals surface area contributed by atoms with Crippen LogP contribution in [0.5, 0.6) is 0 Å². The molecule has 0 atom stereocenters. The summed E-state index contributed by atoms with van der Waals surface area (Å²) in [4.78, 5) is 5.07.